The number of rotatable bonds is 8. The molecule has 0 saturated carbocycles. The van der Waals surface area contributed by atoms with E-state index in [4.69, 9.17) is 9.47 Å². The number of carboxylic acid groups (broad SMARTS) is 1. The molecule has 1 aliphatic heterocycles. The van der Waals surface area contributed by atoms with Gasteiger partial charge in [-0.15, -0.1) is 9.24 Å². The third kappa shape index (κ3) is 6.34. The summed E-state index contributed by atoms with van der Waals surface area (Å²) in [6.07, 6.45) is -6.79. The van der Waals surface area contributed by atoms with Gasteiger partial charge in [0.2, 0.25) is 11.8 Å². The monoisotopic (exact) mass is 410 g/mol. The van der Waals surface area contributed by atoms with E-state index in [1.54, 1.807) is 0 Å². The molecule has 156 valence electrons. The fraction of sp³-hybridized carbons (Fsp3) is 0.800. The predicted molar refractivity (Wildman–Crippen MR) is 94.4 cm³/mol. The number of aliphatic hydroxyl groups is 3. The second kappa shape index (κ2) is 9.72. The van der Waals surface area contributed by atoms with Crippen LogP contribution >= 0.6 is 9.24 Å². The third-order valence-corrected chi connectivity index (χ3v) is 4.07. The highest BCUT2D eigenvalue weighted by Crippen LogP contribution is 2.35. The summed E-state index contributed by atoms with van der Waals surface area (Å²) in [4.78, 5) is 34.2. The van der Waals surface area contributed by atoms with E-state index in [-0.39, 0.29) is 6.54 Å². The molecule has 8 atom stereocenters. The summed E-state index contributed by atoms with van der Waals surface area (Å²) in [5.41, 5.74) is 0. The molecule has 0 spiro atoms. The van der Waals surface area contributed by atoms with Crippen molar-refractivity contribution in [2.24, 2.45) is 0 Å². The Hall–Kier alpha value is -1.36. The average molecular weight is 410 g/mol. The second-order valence-corrected chi connectivity index (χ2v) is 7.40. The number of carbonyl (C=O) groups excluding carboxylic acids is 2. The predicted octanol–water partition coefficient (Wildman–Crippen LogP) is -2.48. The van der Waals surface area contributed by atoms with Crippen LogP contribution in [0.1, 0.15) is 27.2 Å². The van der Waals surface area contributed by atoms with Crippen LogP contribution in [0.15, 0.2) is 0 Å². The molecule has 27 heavy (non-hydrogen) atoms. The summed E-state index contributed by atoms with van der Waals surface area (Å²) in [6, 6.07) is -1.21. The van der Waals surface area contributed by atoms with E-state index in [0.29, 0.717) is 0 Å². The van der Waals surface area contributed by atoms with Crippen molar-refractivity contribution >= 4 is 27.0 Å². The van der Waals surface area contributed by atoms with E-state index < -0.39 is 66.3 Å². The topological polar surface area (TPSA) is 175 Å². The largest absolute Gasteiger partial charge is 0.477 e. The molecule has 0 aromatic rings. The number of aliphatic carboxylic acids is 1. The van der Waals surface area contributed by atoms with Gasteiger partial charge in [-0.2, -0.15) is 0 Å². The lowest BCUT2D eigenvalue weighted by Crippen LogP contribution is -2.68. The highest BCUT2D eigenvalue weighted by atomic mass is 31.0. The lowest BCUT2D eigenvalue weighted by molar-refractivity contribution is -0.313. The summed E-state index contributed by atoms with van der Waals surface area (Å²) in [7, 11) is 2.22. The van der Waals surface area contributed by atoms with Crippen LogP contribution in [0.25, 0.3) is 0 Å². The Bertz CT molecular complexity index is 561. The van der Waals surface area contributed by atoms with Gasteiger partial charge in [-0.25, -0.2) is 4.79 Å². The molecule has 6 N–H and O–H groups in total. The van der Waals surface area contributed by atoms with E-state index in [1.807, 2.05) is 0 Å². The van der Waals surface area contributed by atoms with Crippen LogP contribution in [-0.4, -0.2) is 86.8 Å². The minimum Gasteiger partial charge on any atom is -0.477 e. The first-order valence-corrected chi connectivity index (χ1v) is 8.96. The maximum absolute atomic E-state index is 11.8. The highest BCUT2D eigenvalue weighted by molar-refractivity contribution is 7.17. The second-order valence-electron chi connectivity index (χ2n) is 6.46. The quantitative estimate of drug-likeness (QED) is 0.237. The fourth-order valence-corrected chi connectivity index (χ4v) is 3.03. The molecule has 2 amide bonds. The van der Waals surface area contributed by atoms with Crippen LogP contribution in [-0.2, 0) is 23.9 Å². The van der Waals surface area contributed by atoms with Crippen molar-refractivity contribution in [3.63, 3.8) is 0 Å². The smallest absolute Gasteiger partial charge is 0.364 e. The van der Waals surface area contributed by atoms with Crippen LogP contribution in [0.5, 0.6) is 0 Å². The number of nitrogens with one attached hydrogen (secondary N) is 2. The van der Waals surface area contributed by atoms with Gasteiger partial charge < -0.3 is 40.5 Å². The van der Waals surface area contributed by atoms with Crippen LogP contribution < -0.4 is 10.6 Å². The van der Waals surface area contributed by atoms with Crippen LogP contribution in [0, 0.1) is 0 Å². The molecule has 0 bridgehead atoms. The number of hydrogen-bond acceptors (Lipinski definition) is 8. The van der Waals surface area contributed by atoms with Crippen molar-refractivity contribution in [3.05, 3.63) is 0 Å². The lowest BCUT2D eigenvalue weighted by atomic mass is 9.88. The van der Waals surface area contributed by atoms with E-state index in [1.165, 1.54) is 20.8 Å². The zero-order chi connectivity index (χ0) is 20.9. The Morgan fingerprint density at radius 1 is 1.30 bits per heavy atom. The van der Waals surface area contributed by atoms with Gasteiger partial charge in [-0.05, 0) is 6.92 Å². The first-order chi connectivity index (χ1) is 12.4. The first-order valence-electron chi connectivity index (χ1n) is 8.30. The van der Waals surface area contributed by atoms with Crippen molar-refractivity contribution in [3.8, 4) is 0 Å². The number of carboxylic acids is 1. The van der Waals surface area contributed by atoms with E-state index in [2.05, 4.69) is 19.9 Å². The number of ether oxygens (including phenoxy) is 2. The number of amides is 2. The number of aliphatic hydroxyl groups excluding tert-OH is 3. The van der Waals surface area contributed by atoms with Gasteiger partial charge in [0.25, 0.3) is 5.79 Å². The molecule has 0 aromatic carbocycles. The Morgan fingerprint density at radius 3 is 2.33 bits per heavy atom. The Balaban J connectivity index is 3.17. The van der Waals surface area contributed by atoms with Crippen LogP contribution in [0.3, 0.4) is 0 Å². The average Bonchev–Trinajstić information content (AvgIpc) is 2.53. The normalized spacial score (nSPS) is 31.4. The standard InChI is InChI=1S/C15H27N2O9P/c1-6(18)16-5-10(21)12(22)13-11(17-7(2)19)9(20)4-15(26-13,14(23)24)25-8(3)27/h8-13,20-22H,4-5,27H2,1-3H3,(H,16,18)(H,17,19)(H,23,24)/t8?,9-,10-,11-,12-,13?,15+/m1/s1. The van der Waals surface area contributed by atoms with Crippen molar-refractivity contribution in [2.45, 2.75) is 69.3 Å². The summed E-state index contributed by atoms with van der Waals surface area (Å²) >= 11 is 0. The van der Waals surface area contributed by atoms with Crippen molar-refractivity contribution in [2.75, 3.05) is 6.54 Å². The summed E-state index contributed by atoms with van der Waals surface area (Å²) in [6.45, 7) is 3.57. The minimum atomic E-state index is -2.30. The molecule has 1 heterocycles. The zero-order valence-corrected chi connectivity index (χ0v) is 16.4. The van der Waals surface area contributed by atoms with E-state index in [9.17, 15) is 34.8 Å². The van der Waals surface area contributed by atoms with Gasteiger partial charge in [0.05, 0.1) is 24.1 Å². The van der Waals surface area contributed by atoms with E-state index in [0.717, 1.165) is 0 Å². The molecule has 3 unspecified atom stereocenters. The highest BCUT2D eigenvalue weighted by Gasteiger charge is 2.56. The van der Waals surface area contributed by atoms with Gasteiger partial charge in [0.1, 0.15) is 12.2 Å². The molecule has 1 aliphatic rings. The SMILES string of the molecule is CC(=O)NC[C@@H](O)[C@@H](O)C1O[C@](OC(C)P)(C(=O)O)C[C@@H](O)[C@H]1NC(C)=O. The molecular weight excluding hydrogens is 383 g/mol. The van der Waals surface area contributed by atoms with Gasteiger partial charge in [-0.1, -0.05) is 0 Å². The third-order valence-electron chi connectivity index (χ3n) is 3.94. The van der Waals surface area contributed by atoms with Gasteiger partial charge in [0.15, 0.2) is 0 Å². The molecule has 1 rings (SSSR count). The zero-order valence-electron chi connectivity index (χ0n) is 15.3. The maximum Gasteiger partial charge on any atom is 0.364 e. The summed E-state index contributed by atoms with van der Waals surface area (Å²) in [5, 5.41) is 45.3. The van der Waals surface area contributed by atoms with Crippen LogP contribution in [0.2, 0.25) is 0 Å². The maximum atomic E-state index is 11.8. The van der Waals surface area contributed by atoms with Crippen molar-refractivity contribution in [1.82, 2.24) is 10.6 Å². The molecular formula is C15H27N2O9P. The minimum absolute atomic E-state index is 0.347. The molecule has 1 fully saturated rings. The number of hydrogen-bond donors (Lipinski definition) is 6. The molecule has 0 aromatic heterocycles. The summed E-state index contributed by atoms with van der Waals surface area (Å²) < 4.78 is 10.8. The molecule has 1 saturated heterocycles. The van der Waals surface area contributed by atoms with Crippen molar-refractivity contribution in [1.29, 1.82) is 0 Å². The number of carbonyl (C=O) groups is 3. The van der Waals surface area contributed by atoms with Gasteiger partial charge >= 0.3 is 5.97 Å². The Labute approximate surface area is 158 Å². The van der Waals surface area contributed by atoms with E-state index >= 15 is 0 Å². The summed E-state index contributed by atoms with van der Waals surface area (Å²) in [5.74, 6) is -5.52. The van der Waals surface area contributed by atoms with Crippen molar-refractivity contribution < 1.29 is 44.3 Å². The van der Waals surface area contributed by atoms with Crippen LogP contribution in [0.4, 0.5) is 0 Å². The Morgan fingerprint density at radius 2 is 1.89 bits per heavy atom. The molecule has 12 heteroatoms. The van der Waals surface area contributed by atoms with Gasteiger partial charge in [-0.3, -0.25) is 9.59 Å². The lowest BCUT2D eigenvalue weighted by Gasteiger charge is -2.47. The molecule has 0 radical (unpaired) electrons. The fourth-order valence-electron chi connectivity index (χ4n) is 2.81. The Kier molecular flexibility index (Phi) is 8.52. The molecule has 11 nitrogen and oxygen atoms in total. The first kappa shape index (κ1) is 23.7. The molecule has 0 aliphatic carbocycles. The van der Waals surface area contributed by atoms with Gasteiger partial charge in [0, 0.05) is 26.8 Å².